The van der Waals surface area contributed by atoms with Crippen LogP contribution in [0.4, 0.5) is 0 Å². The van der Waals surface area contributed by atoms with Crippen molar-refractivity contribution in [2.24, 2.45) is 5.92 Å². The number of hydrogen-bond acceptors (Lipinski definition) is 8. The Morgan fingerprint density at radius 3 is 2.95 bits per heavy atom. The first-order chi connectivity index (χ1) is 19.4. The summed E-state index contributed by atoms with van der Waals surface area (Å²) in [5, 5.41) is 18.0. The zero-order valence-electron chi connectivity index (χ0n) is 23.4. The van der Waals surface area contributed by atoms with E-state index in [1.54, 1.807) is 0 Å². The number of halogens is 1. The van der Waals surface area contributed by atoms with Crippen LogP contribution >= 0.6 is 23.4 Å². The lowest BCUT2D eigenvalue weighted by molar-refractivity contribution is -0.135. The Labute approximate surface area is 247 Å². The molecule has 4 fully saturated rings. The van der Waals surface area contributed by atoms with Crippen molar-refractivity contribution < 1.29 is 9.53 Å². The van der Waals surface area contributed by atoms with E-state index in [1.165, 1.54) is 29.4 Å². The molecule has 0 radical (unpaired) electrons. The second kappa shape index (κ2) is 11.9. The Morgan fingerprint density at radius 2 is 2.17 bits per heavy atom. The molecule has 2 N–H and O–H groups in total. The van der Waals surface area contributed by atoms with E-state index < -0.39 is 0 Å². The van der Waals surface area contributed by atoms with Crippen LogP contribution in [0.1, 0.15) is 44.1 Å². The minimum atomic E-state index is -0.235. The second-order valence-corrected chi connectivity index (χ2v) is 14.2. The molecule has 1 amide bonds. The van der Waals surface area contributed by atoms with Crippen LogP contribution in [-0.2, 0) is 16.0 Å². The van der Waals surface area contributed by atoms with Crippen LogP contribution in [0.2, 0.25) is 5.02 Å². The molecular weight excluding hydrogens is 544 g/mol. The van der Waals surface area contributed by atoms with Crippen LogP contribution in [0.15, 0.2) is 35.7 Å². The summed E-state index contributed by atoms with van der Waals surface area (Å²) in [6.07, 6.45) is 8.40. The van der Waals surface area contributed by atoms with Gasteiger partial charge in [-0.15, -0.1) is 11.8 Å². The molecular formula is C30H41ClN6O2S. The molecule has 6 rings (SSSR count). The van der Waals surface area contributed by atoms with Gasteiger partial charge in [-0.25, -0.2) is 0 Å². The number of amides is 1. The molecule has 6 unspecified atom stereocenters. The Balaban J connectivity index is 1.20. The molecule has 5 aliphatic rings. The molecule has 4 heterocycles. The summed E-state index contributed by atoms with van der Waals surface area (Å²) in [4.78, 5) is 20.6. The Kier molecular flexibility index (Phi) is 8.49. The Bertz CT molecular complexity index is 1160. The van der Waals surface area contributed by atoms with Gasteiger partial charge >= 0.3 is 0 Å². The van der Waals surface area contributed by atoms with E-state index in [0.717, 1.165) is 43.8 Å². The average Bonchev–Trinajstić information content (AvgIpc) is 3.52. The van der Waals surface area contributed by atoms with Crippen molar-refractivity contribution in [2.45, 2.75) is 85.2 Å². The number of piperazine rings is 1. The number of thioether (sulfide) groups is 1. The maximum Gasteiger partial charge on any atom is 0.246 e. The van der Waals surface area contributed by atoms with Gasteiger partial charge < -0.3 is 14.5 Å². The first-order valence-corrected chi connectivity index (χ1v) is 15.9. The molecule has 4 aliphatic heterocycles. The third kappa shape index (κ3) is 5.69. The van der Waals surface area contributed by atoms with Crippen molar-refractivity contribution in [1.82, 2.24) is 25.3 Å². The highest BCUT2D eigenvalue weighted by atomic mass is 35.5. The van der Waals surface area contributed by atoms with E-state index >= 15 is 0 Å². The first kappa shape index (κ1) is 28.5. The number of benzene rings is 1. The van der Waals surface area contributed by atoms with Gasteiger partial charge in [0.2, 0.25) is 5.91 Å². The number of likely N-dealkylation sites (tertiary alicyclic amines) is 1. The molecule has 0 aromatic heterocycles. The van der Waals surface area contributed by atoms with E-state index in [0.29, 0.717) is 44.1 Å². The van der Waals surface area contributed by atoms with Crippen LogP contribution in [0.3, 0.4) is 0 Å². The van der Waals surface area contributed by atoms with Crippen molar-refractivity contribution in [1.29, 1.82) is 5.26 Å². The lowest BCUT2D eigenvalue weighted by atomic mass is 9.73. The molecule has 8 nitrogen and oxygen atoms in total. The third-order valence-corrected chi connectivity index (χ3v) is 11.6. The maximum absolute atomic E-state index is 12.5. The number of likely N-dealkylation sites (N-methyl/N-ethyl adjacent to an activating group) is 1. The minimum Gasteiger partial charge on any atom is -0.348 e. The lowest BCUT2D eigenvalue weighted by Crippen LogP contribution is -2.72. The fourth-order valence-electron chi connectivity index (χ4n) is 7.69. The molecule has 1 aromatic rings. The monoisotopic (exact) mass is 584 g/mol. The Morgan fingerprint density at radius 1 is 1.30 bits per heavy atom. The first-order valence-electron chi connectivity index (χ1n) is 14.7. The predicted molar refractivity (Wildman–Crippen MR) is 158 cm³/mol. The van der Waals surface area contributed by atoms with Crippen LogP contribution in [-0.4, -0.2) is 95.8 Å². The summed E-state index contributed by atoms with van der Waals surface area (Å²) < 4.78 is 6.72. The standard InChI is InChI=1S/C30H41ClN6O2S/c1-3-27(38)37-14-13-36(18-22(37)9-11-32)28-24-8-10-30(16-20-6-7-21(31)15-26(20)40-30)17-25(24)33-29(34-28)39-19-23-5-4-12-35(23)2/h3,6-7,15,22-25,28-29,33-34H,1,4-5,8-10,12-14,16-19H2,2H3/t22?,23?,24?,25?,28?,29?,30-/m1/s1. The molecule has 7 atom stereocenters. The highest BCUT2D eigenvalue weighted by molar-refractivity contribution is 8.01. The van der Waals surface area contributed by atoms with Crippen molar-refractivity contribution in [3.05, 3.63) is 41.4 Å². The summed E-state index contributed by atoms with van der Waals surface area (Å²) >= 11 is 8.37. The van der Waals surface area contributed by atoms with E-state index in [4.69, 9.17) is 16.3 Å². The summed E-state index contributed by atoms with van der Waals surface area (Å²) in [6, 6.07) is 9.29. The number of ether oxygens (including phenoxy) is 1. The molecule has 0 bridgehead atoms. The number of carbonyl (C=O) groups is 1. The van der Waals surface area contributed by atoms with Crippen molar-refractivity contribution in [2.75, 3.05) is 39.8 Å². The largest absolute Gasteiger partial charge is 0.348 e. The van der Waals surface area contributed by atoms with Gasteiger partial charge in [-0.05, 0) is 75.9 Å². The number of nitrogens with zero attached hydrogens (tertiary/aromatic N) is 4. The molecule has 1 aromatic carbocycles. The van der Waals surface area contributed by atoms with Gasteiger partial charge in [0.25, 0.3) is 0 Å². The molecule has 10 heteroatoms. The topological polar surface area (TPSA) is 83.9 Å². The molecule has 216 valence electrons. The van der Waals surface area contributed by atoms with Crippen LogP contribution in [0.25, 0.3) is 0 Å². The summed E-state index contributed by atoms with van der Waals surface area (Å²) in [5.41, 5.74) is 1.41. The molecule has 40 heavy (non-hydrogen) atoms. The maximum atomic E-state index is 12.5. The summed E-state index contributed by atoms with van der Waals surface area (Å²) in [5.74, 6) is 0.326. The number of rotatable bonds is 6. The minimum absolute atomic E-state index is 0.0875. The smallest absolute Gasteiger partial charge is 0.246 e. The Hall–Kier alpha value is -1.64. The zero-order chi connectivity index (χ0) is 27.9. The van der Waals surface area contributed by atoms with Crippen molar-refractivity contribution in [3.8, 4) is 6.07 Å². The van der Waals surface area contributed by atoms with Gasteiger partial charge in [0.1, 0.15) is 0 Å². The normalized spacial score (nSPS) is 36.3. The second-order valence-electron chi connectivity index (χ2n) is 12.2. The zero-order valence-corrected chi connectivity index (χ0v) is 24.9. The fraction of sp³-hybridized carbons (Fsp3) is 0.667. The summed E-state index contributed by atoms with van der Waals surface area (Å²) in [6.45, 7) is 7.56. The highest BCUT2D eigenvalue weighted by Crippen LogP contribution is 2.54. The number of fused-ring (bicyclic) bond motifs is 2. The number of carbonyl (C=O) groups excluding carboxylic acids is 1. The van der Waals surface area contributed by atoms with E-state index in [-0.39, 0.29) is 29.2 Å². The average molecular weight is 585 g/mol. The van der Waals surface area contributed by atoms with Gasteiger partial charge in [-0.3, -0.25) is 20.3 Å². The van der Waals surface area contributed by atoms with Crippen molar-refractivity contribution in [3.63, 3.8) is 0 Å². The van der Waals surface area contributed by atoms with Gasteiger partial charge in [0, 0.05) is 52.3 Å². The van der Waals surface area contributed by atoms with Gasteiger partial charge in [-0.1, -0.05) is 24.2 Å². The number of nitrogens with one attached hydrogen (secondary N) is 2. The number of nitriles is 1. The van der Waals surface area contributed by atoms with E-state index in [2.05, 4.69) is 52.3 Å². The van der Waals surface area contributed by atoms with Crippen LogP contribution in [0, 0.1) is 17.2 Å². The number of hydrogen-bond donors (Lipinski definition) is 2. The van der Waals surface area contributed by atoms with E-state index in [1.807, 2.05) is 22.7 Å². The molecule has 1 spiro atoms. The fourth-order valence-corrected chi connectivity index (χ4v) is 9.57. The highest BCUT2D eigenvalue weighted by Gasteiger charge is 2.51. The van der Waals surface area contributed by atoms with E-state index in [9.17, 15) is 10.1 Å². The molecule has 1 aliphatic carbocycles. The van der Waals surface area contributed by atoms with Gasteiger partial charge in [0.05, 0.1) is 31.3 Å². The van der Waals surface area contributed by atoms with Gasteiger partial charge in [-0.2, -0.15) is 5.26 Å². The third-order valence-electron chi connectivity index (χ3n) is 9.82. The van der Waals surface area contributed by atoms with Crippen LogP contribution < -0.4 is 10.6 Å². The SMILES string of the molecule is C=CC(=O)N1CCN(C2NC(OCC3CCCN3C)NC3C[C@@]4(CCC32)Cc2ccc(Cl)cc2S4)CC1CC#N. The predicted octanol–water partition coefficient (Wildman–Crippen LogP) is 3.42. The quantitative estimate of drug-likeness (QED) is 0.492. The van der Waals surface area contributed by atoms with Gasteiger partial charge in [0.15, 0.2) is 6.35 Å². The molecule has 1 saturated carbocycles. The molecule has 3 saturated heterocycles. The summed E-state index contributed by atoms with van der Waals surface area (Å²) in [7, 11) is 2.19. The van der Waals surface area contributed by atoms with Crippen LogP contribution in [0.5, 0.6) is 0 Å². The lowest BCUT2D eigenvalue weighted by Gasteiger charge is -2.55. The van der Waals surface area contributed by atoms with Crippen molar-refractivity contribution >= 4 is 29.3 Å².